The number of carbonyl (C=O) groups excluding carboxylic acids is 1. The fourth-order valence-corrected chi connectivity index (χ4v) is 5.87. The molecule has 0 aliphatic carbocycles. The number of nitrogens with zero attached hydrogens (tertiary/aromatic N) is 3. The maximum atomic E-state index is 14.3. The molecule has 0 spiro atoms. The van der Waals surface area contributed by atoms with Crippen molar-refractivity contribution in [3.63, 3.8) is 0 Å². The maximum absolute atomic E-state index is 14.3. The van der Waals surface area contributed by atoms with Crippen LogP contribution in [0.5, 0.6) is 0 Å². The number of piperazine rings is 1. The van der Waals surface area contributed by atoms with Crippen molar-refractivity contribution < 1.29 is 9.18 Å². The Morgan fingerprint density at radius 1 is 0.861 bits per heavy atom. The van der Waals surface area contributed by atoms with Gasteiger partial charge in [-0.2, -0.15) is 0 Å². The summed E-state index contributed by atoms with van der Waals surface area (Å²) in [4.78, 5) is 20.2. The molecular weight excluding hydrogens is 473 g/mol. The zero-order valence-corrected chi connectivity index (χ0v) is 21.3. The fraction of sp³-hybridized carbons (Fsp3) is 0.367. The van der Waals surface area contributed by atoms with E-state index in [1.807, 2.05) is 4.90 Å². The van der Waals surface area contributed by atoms with E-state index in [9.17, 15) is 9.18 Å². The average Bonchev–Trinajstić information content (AvgIpc) is 2.92. The lowest BCUT2D eigenvalue weighted by Gasteiger charge is -2.42. The Kier molecular flexibility index (Phi) is 8.00. The van der Waals surface area contributed by atoms with Crippen molar-refractivity contribution >= 4 is 17.5 Å². The molecular formula is C30H33ClFN3O. The predicted molar refractivity (Wildman–Crippen MR) is 142 cm³/mol. The number of rotatable bonds is 6. The third-order valence-corrected chi connectivity index (χ3v) is 7.87. The minimum absolute atomic E-state index is 0.0464. The molecule has 2 saturated heterocycles. The van der Waals surface area contributed by atoms with Gasteiger partial charge in [-0.3, -0.25) is 14.6 Å². The van der Waals surface area contributed by atoms with Crippen molar-refractivity contribution in [3.8, 4) is 0 Å². The first-order valence-electron chi connectivity index (χ1n) is 12.9. The van der Waals surface area contributed by atoms with Crippen LogP contribution < -0.4 is 0 Å². The normalized spacial score (nSPS) is 19.5. The van der Waals surface area contributed by atoms with Gasteiger partial charge in [-0.15, -0.1) is 0 Å². The van der Waals surface area contributed by atoms with Gasteiger partial charge in [0.05, 0.1) is 12.0 Å². The van der Waals surface area contributed by atoms with Gasteiger partial charge in [-0.05, 0) is 42.6 Å². The number of piperidine rings is 1. The van der Waals surface area contributed by atoms with Crippen LogP contribution >= 0.6 is 11.6 Å². The minimum atomic E-state index is -0.279. The van der Waals surface area contributed by atoms with Crippen molar-refractivity contribution in [3.05, 3.63) is 106 Å². The monoisotopic (exact) mass is 505 g/mol. The van der Waals surface area contributed by atoms with E-state index < -0.39 is 0 Å². The minimum Gasteiger partial charge on any atom is -0.340 e. The molecule has 1 unspecified atom stereocenters. The number of benzene rings is 3. The molecule has 2 aliphatic heterocycles. The average molecular weight is 506 g/mol. The molecule has 36 heavy (non-hydrogen) atoms. The van der Waals surface area contributed by atoms with Crippen molar-refractivity contribution in [2.24, 2.45) is 5.92 Å². The Hall–Kier alpha value is -2.73. The molecule has 2 fully saturated rings. The molecule has 6 heteroatoms. The molecule has 1 atom stereocenters. The quantitative estimate of drug-likeness (QED) is 0.434. The highest BCUT2D eigenvalue weighted by Crippen LogP contribution is 2.30. The van der Waals surface area contributed by atoms with E-state index in [4.69, 9.17) is 11.6 Å². The van der Waals surface area contributed by atoms with Crippen LogP contribution in [0, 0.1) is 11.7 Å². The van der Waals surface area contributed by atoms with E-state index >= 15 is 0 Å². The summed E-state index contributed by atoms with van der Waals surface area (Å²) in [5.74, 6) is -0.0942. The Morgan fingerprint density at radius 2 is 1.50 bits per heavy atom. The van der Waals surface area contributed by atoms with Crippen molar-refractivity contribution in [1.82, 2.24) is 14.7 Å². The number of carbonyl (C=O) groups is 1. The first kappa shape index (κ1) is 24.9. The molecule has 4 nitrogen and oxygen atoms in total. The van der Waals surface area contributed by atoms with Crippen LogP contribution in [0.15, 0.2) is 78.9 Å². The summed E-state index contributed by atoms with van der Waals surface area (Å²) in [5, 5.41) is 0.450. The zero-order valence-electron chi connectivity index (χ0n) is 20.5. The molecule has 0 bridgehead atoms. The predicted octanol–water partition coefficient (Wildman–Crippen LogP) is 5.62. The van der Waals surface area contributed by atoms with Gasteiger partial charge in [0.25, 0.3) is 0 Å². The zero-order chi connectivity index (χ0) is 24.9. The molecule has 0 aromatic heterocycles. The van der Waals surface area contributed by atoms with E-state index in [0.29, 0.717) is 23.7 Å². The Labute approximate surface area is 218 Å². The van der Waals surface area contributed by atoms with Crippen LogP contribution in [0.4, 0.5) is 4.39 Å². The van der Waals surface area contributed by atoms with E-state index in [2.05, 4.69) is 70.5 Å². The molecule has 5 rings (SSSR count). The Morgan fingerprint density at radius 3 is 2.11 bits per heavy atom. The van der Waals surface area contributed by atoms with Gasteiger partial charge in [0, 0.05) is 49.9 Å². The van der Waals surface area contributed by atoms with Gasteiger partial charge in [0.1, 0.15) is 5.82 Å². The highest BCUT2D eigenvalue weighted by atomic mass is 35.5. The largest absolute Gasteiger partial charge is 0.340 e. The second kappa shape index (κ2) is 11.5. The van der Waals surface area contributed by atoms with Gasteiger partial charge in [0.2, 0.25) is 5.91 Å². The Balaban J connectivity index is 1.22. The van der Waals surface area contributed by atoms with E-state index in [-0.39, 0.29) is 23.7 Å². The van der Waals surface area contributed by atoms with Crippen LogP contribution in [-0.4, -0.2) is 59.9 Å². The van der Waals surface area contributed by atoms with Gasteiger partial charge < -0.3 is 4.90 Å². The number of amides is 1. The van der Waals surface area contributed by atoms with Gasteiger partial charge >= 0.3 is 0 Å². The summed E-state index contributed by atoms with van der Waals surface area (Å²) in [7, 11) is 0. The van der Waals surface area contributed by atoms with E-state index in [1.54, 1.807) is 12.1 Å². The number of likely N-dealkylation sites (tertiary alicyclic amines) is 1. The molecule has 3 aromatic carbocycles. The van der Waals surface area contributed by atoms with Crippen LogP contribution in [0.1, 0.15) is 35.6 Å². The maximum Gasteiger partial charge on any atom is 0.227 e. The van der Waals surface area contributed by atoms with Crippen LogP contribution in [0.3, 0.4) is 0 Å². The standard InChI is InChI=1S/C30H33ClFN3O/c31-27-14-7-15-28(32)26(27)22-33-16-8-13-25(21-33)30(36)35-19-17-34(18-20-35)29(23-9-3-1-4-10-23)24-11-5-2-6-12-24/h1-7,9-12,14-15,25,29H,8,13,16-22H2. The molecule has 188 valence electrons. The number of hydrogen-bond donors (Lipinski definition) is 0. The topological polar surface area (TPSA) is 26.8 Å². The highest BCUT2D eigenvalue weighted by Gasteiger charge is 2.33. The lowest BCUT2D eigenvalue weighted by atomic mass is 9.94. The molecule has 0 saturated carbocycles. The molecule has 2 aliphatic rings. The summed E-state index contributed by atoms with van der Waals surface area (Å²) in [6.45, 7) is 5.08. The summed E-state index contributed by atoms with van der Waals surface area (Å²) in [5.41, 5.74) is 3.07. The SMILES string of the molecule is O=C(C1CCCN(Cc2c(F)cccc2Cl)C1)N1CCN(C(c2ccccc2)c2ccccc2)CC1. The van der Waals surface area contributed by atoms with Crippen LogP contribution in [0.25, 0.3) is 0 Å². The first-order chi connectivity index (χ1) is 17.6. The summed E-state index contributed by atoms with van der Waals surface area (Å²) >= 11 is 6.25. The van der Waals surface area contributed by atoms with Crippen molar-refractivity contribution in [1.29, 1.82) is 0 Å². The van der Waals surface area contributed by atoms with Crippen LogP contribution in [0.2, 0.25) is 5.02 Å². The van der Waals surface area contributed by atoms with Crippen molar-refractivity contribution in [2.45, 2.75) is 25.4 Å². The third-order valence-electron chi connectivity index (χ3n) is 7.52. The summed E-state index contributed by atoms with van der Waals surface area (Å²) in [6, 6.07) is 26.2. The lowest BCUT2D eigenvalue weighted by Crippen LogP contribution is -2.53. The molecule has 2 heterocycles. The molecule has 0 N–H and O–H groups in total. The first-order valence-corrected chi connectivity index (χ1v) is 13.3. The van der Waals surface area contributed by atoms with Crippen molar-refractivity contribution in [2.75, 3.05) is 39.3 Å². The molecule has 3 aromatic rings. The number of hydrogen-bond acceptors (Lipinski definition) is 3. The molecule has 0 radical (unpaired) electrons. The van der Waals surface area contributed by atoms with E-state index in [0.717, 1.165) is 45.6 Å². The third kappa shape index (κ3) is 5.64. The highest BCUT2D eigenvalue weighted by molar-refractivity contribution is 6.31. The van der Waals surface area contributed by atoms with Gasteiger partial charge in [-0.25, -0.2) is 4.39 Å². The smallest absolute Gasteiger partial charge is 0.227 e. The number of halogens is 2. The second-order valence-corrected chi connectivity index (χ2v) is 10.3. The van der Waals surface area contributed by atoms with E-state index in [1.165, 1.54) is 17.2 Å². The van der Waals surface area contributed by atoms with Gasteiger partial charge in [-0.1, -0.05) is 78.3 Å². The lowest BCUT2D eigenvalue weighted by molar-refractivity contribution is -0.139. The second-order valence-electron chi connectivity index (χ2n) is 9.86. The fourth-order valence-electron chi connectivity index (χ4n) is 5.65. The van der Waals surface area contributed by atoms with Gasteiger partial charge in [0.15, 0.2) is 0 Å². The summed E-state index contributed by atoms with van der Waals surface area (Å²) in [6.07, 6.45) is 1.82. The van der Waals surface area contributed by atoms with Crippen LogP contribution in [-0.2, 0) is 11.3 Å². The summed E-state index contributed by atoms with van der Waals surface area (Å²) < 4.78 is 14.3. The molecule has 1 amide bonds. The Bertz CT molecular complexity index is 1090.